The lowest BCUT2D eigenvalue weighted by Crippen LogP contribution is -2.59. The number of aliphatic hydroxyl groups is 1. The summed E-state index contributed by atoms with van der Waals surface area (Å²) >= 11 is 0. The number of rotatable bonds is 12. The normalized spacial score (nSPS) is 16.7. The molecule has 1 aliphatic rings. The van der Waals surface area contributed by atoms with Crippen molar-refractivity contribution in [1.29, 1.82) is 0 Å². The highest BCUT2D eigenvalue weighted by Gasteiger charge is 2.55. The molecule has 8 heteroatoms. The van der Waals surface area contributed by atoms with E-state index in [1.165, 1.54) is 14.7 Å². The van der Waals surface area contributed by atoms with Gasteiger partial charge in [-0.15, -0.1) is 0 Å². The number of aliphatic carboxylic acids is 1. The first-order valence-corrected chi connectivity index (χ1v) is 16.3. The maximum atomic E-state index is 15.1. The smallest absolute Gasteiger partial charge is 0.329 e. The Morgan fingerprint density at radius 3 is 1.41 bits per heavy atom. The van der Waals surface area contributed by atoms with Gasteiger partial charge in [0.05, 0.1) is 6.04 Å². The van der Waals surface area contributed by atoms with E-state index in [-0.39, 0.29) is 19.5 Å². The van der Waals surface area contributed by atoms with Gasteiger partial charge in [-0.3, -0.25) is 4.79 Å². The number of hydrogen-bond acceptors (Lipinski definition) is 4. The van der Waals surface area contributed by atoms with Gasteiger partial charge in [0.25, 0.3) is 0 Å². The molecule has 5 aromatic rings. The average molecular weight is 654 g/mol. The Labute approximate surface area is 286 Å². The number of carbonyl (C=O) groups is 3. The van der Waals surface area contributed by atoms with Crippen molar-refractivity contribution in [2.45, 2.75) is 43.2 Å². The largest absolute Gasteiger partial charge is 0.480 e. The third kappa shape index (κ3) is 6.82. The maximum Gasteiger partial charge on any atom is 0.329 e. The molecule has 0 spiro atoms. The predicted molar refractivity (Wildman–Crippen MR) is 187 cm³/mol. The zero-order valence-electron chi connectivity index (χ0n) is 27.2. The van der Waals surface area contributed by atoms with E-state index in [4.69, 9.17) is 0 Å². The van der Waals surface area contributed by atoms with E-state index in [1.54, 1.807) is 7.05 Å². The number of likely N-dealkylation sites (N-methyl/N-ethyl adjacent to an activating group) is 1. The quantitative estimate of drug-likeness (QED) is 0.173. The summed E-state index contributed by atoms with van der Waals surface area (Å²) < 4.78 is 0. The second kappa shape index (κ2) is 14.6. The number of nitrogens with zero attached hydrogens (tertiary/aromatic N) is 3. The molecule has 1 unspecified atom stereocenters. The molecule has 1 aliphatic heterocycles. The molecule has 3 atom stereocenters. The molecular weight excluding hydrogens is 614 g/mol. The molecule has 0 aromatic heterocycles. The summed E-state index contributed by atoms with van der Waals surface area (Å²) in [5.74, 6) is -1.87. The van der Waals surface area contributed by atoms with Gasteiger partial charge in [-0.25, -0.2) is 9.59 Å². The van der Waals surface area contributed by atoms with Crippen LogP contribution in [0.5, 0.6) is 0 Å². The number of amides is 3. The lowest BCUT2D eigenvalue weighted by Gasteiger charge is -2.44. The molecule has 6 rings (SSSR count). The first-order chi connectivity index (χ1) is 23.8. The van der Waals surface area contributed by atoms with Gasteiger partial charge in [0.1, 0.15) is 11.6 Å². The van der Waals surface area contributed by atoms with E-state index in [0.717, 1.165) is 16.7 Å². The van der Waals surface area contributed by atoms with Crippen molar-refractivity contribution < 1.29 is 24.6 Å². The van der Waals surface area contributed by atoms with Crippen LogP contribution < -0.4 is 0 Å². The minimum atomic E-state index is -1.71. The Morgan fingerprint density at radius 1 is 0.633 bits per heavy atom. The first-order valence-electron chi connectivity index (χ1n) is 16.3. The van der Waals surface area contributed by atoms with Crippen molar-refractivity contribution >= 4 is 17.9 Å². The Morgan fingerprint density at radius 2 is 1.00 bits per heavy atom. The minimum Gasteiger partial charge on any atom is -0.480 e. The Balaban J connectivity index is 1.47. The molecule has 0 radical (unpaired) electrons. The van der Waals surface area contributed by atoms with Crippen molar-refractivity contribution in [3.8, 4) is 0 Å². The number of hydrogen-bond donors (Lipinski definition) is 2. The van der Waals surface area contributed by atoms with Crippen LogP contribution in [-0.2, 0) is 34.7 Å². The highest BCUT2D eigenvalue weighted by Crippen LogP contribution is 2.38. The van der Waals surface area contributed by atoms with Crippen LogP contribution in [0, 0.1) is 0 Å². The van der Waals surface area contributed by atoms with Crippen LogP contribution in [0.15, 0.2) is 152 Å². The van der Waals surface area contributed by atoms with E-state index < -0.39 is 41.6 Å². The molecule has 8 nitrogen and oxygen atoms in total. The van der Waals surface area contributed by atoms with Gasteiger partial charge in [-0.2, -0.15) is 0 Å². The number of carboxylic acid groups (broad SMARTS) is 1. The van der Waals surface area contributed by atoms with E-state index in [1.807, 2.05) is 152 Å². The number of carbonyl (C=O) groups excluding carboxylic acids is 2. The molecule has 1 saturated heterocycles. The minimum absolute atomic E-state index is 0.0147. The van der Waals surface area contributed by atoms with Crippen molar-refractivity contribution in [2.24, 2.45) is 0 Å². The summed E-state index contributed by atoms with van der Waals surface area (Å²) in [7, 11) is 1.59. The molecule has 2 N–H and O–H groups in total. The van der Waals surface area contributed by atoms with Crippen LogP contribution in [0.3, 0.4) is 0 Å². The average Bonchev–Trinajstić information content (AvgIpc) is 3.41. The summed E-state index contributed by atoms with van der Waals surface area (Å²) in [6.45, 7) is 0.0464. The second-order valence-corrected chi connectivity index (χ2v) is 12.4. The van der Waals surface area contributed by atoms with E-state index in [2.05, 4.69) is 0 Å². The molecule has 0 aliphatic carbocycles. The monoisotopic (exact) mass is 653 g/mol. The van der Waals surface area contributed by atoms with E-state index >= 15 is 4.79 Å². The van der Waals surface area contributed by atoms with Gasteiger partial charge >= 0.3 is 12.0 Å². The van der Waals surface area contributed by atoms with Gasteiger partial charge in [-0.05, 0) is 34.2 Å². The van der Waals surface area contributed by atoms with Crippen LogP contribution in [-0.4, -0.2) is 68.0 Å². The Bertz CT molecular complexity index is 1820. The van der Waals surface area contributed by atoms with Crippen molar-refractivity contribution in [3.05, 3.63) is 179 Å². The summed E-state index contributed by atoms with van der Waals surface area (Å²) in [5.41, 5.74) is 1.82. The van der Waals surface area contributed by atoms with Gasteiger partial charge in [0.15, 0.2) is 6.04 Å². The molecule has 49 heavy (non-hydrogen) atoms. The molecule has 5 aromatic carbocycles. The fourth-order valence-corrected chi connectivity index (χ4v) is 6.87. The second-order valence-electron chi connectivity index (χ2n) is 12.4. The number of urea groups is 1. The van der Waals surface area contributed by atoms with Crippen LogP contribution in [0.4, 0.5) is 4.79 Å². The number of benzene rings is 5. The standard InChI is InChI=1S/C41H39N3O5/c1-42(35(27-30-17-7-2-8-18-30)41(49,33-23-13-5-14-24-33)34-25-15-6-16-26-34)38(45)36-37(39(46)47)44(29-32-21-11-4-12-22-32)40(48)43(36)28-31-19-9-3-10-20-31/h2-26,35-37,49H,27-29H2,1H3,(H,46,47)/t35?,36-,37+/m0/s1. The first kappa shape index (κ1) is 33.2. The Kier molecular flexibility index (Phi) is 9.87. The van der Waals surface area contributed by atoms with Crippen LogP contribution in [0.1, 0.15) is 27.8 Å². The lowest BCUT2D eigenvalue weighted by molar-refractivity contribution is -0.150. The lowest BCUT2D eigenvalue weighted by atomic mass is 9.77. The maximum absolute atomic E-state index is 15.1. The van der Waals surface area contributed by atoms with Gasteiger partial charge < -0.3 is 24.9 Å². The van der Waals surface area contributed by atoms with Crippen LogP contribution in [0.2, 0.25) is 0 Å². The van der Waals surface area contributed by atoms with Gasteiger partial charge in [0, 0.05) is 20.1 Å². The predicted octanol–water partition coefficient (Wildman–Crippen LogP) is 5.95. The SMILES string of the molecule is CN(C(=O)[C@@H]1[C@H](C(=O)O)N(Cc2ccccc2)C(=O)N1Cc1ccccc1)C(Cc1ccccc1)C(O)(c1ccccc1)c1ccccc1. The molecule has 1 heterocycles. The van der Waals surface area contributed by atoms with Gasteiger partial charge in [0.2, 0.25) is 5.91 Å². The topological polar surface area (TPSA) is 101 Å². The highest BCUT2D eigenvalue weighted by atomic mass is 16.4. The van der Waals surface area contributed by atoms with Crippen LogP contribution in [0.25, 0.3) is 0 Å². The molecule has 3 amide bonds. The summed E-state index contributed by atoms with van der Waals surface area (Å²) in [4.78, 5) is 46.5. The third-order valence-electron chi connectivity index (χ3n) is 9.36. The fraction of sp³-hybridized carbons (Fsp3) is 0.195. The molecule has 1 fully saturated rings. The number of carboxylic acids is 1. The molecule has 248 valence electrons. The summed E-state index contributed by atoms with van der Waals surface area (Å²) in [5, 5.41) is 23.7. The zero-order chi connectivity index (χ0) is 34.4. The Hall–Kier alpha value is -5.73. The fourth-order valence-electron chi connectivity index (χ4n) is 6.87. The van der Waals surface area contributed by atoms with E-state index in [0.29, 0.717) is 11.1 Å². The summed E-state index contributed by atoms with van der Waals surface area (Å²) in [6.07, 6.45) is 0.244. The molecule has 0 bridgehead atoms. The molecule has 0 saturated carbocycles. The third-order valence-corrected chi connectivity index (χ3v) is 9.36. The van der Waals surface area contributed by atoms with Crippen LogP contribution >= 0.6 is 0 Å². The van der Waals surface area contributed by atoms with Crippen molar-refractivity contribution in [3.63, 3.8) is 0 Å². The summed E-state index contributed by atoms with van der Waals surface area (Å²) in [6, 6.07) is 42.0. The molecular formula is C41H39N3O5. The van der Waals surface area contributed by atoms with E-state index in [9.17, 15) is 19.8 Å². The highest BCUT2D eigenvalue weighted by molar-refractivity contribution is 5.98. The van der Waals surface area contributed by atoms with Crippen molar-refractivity contribution in [2.75, 3.05) is 7.05 Å². The van der Waals surface area contributed by atoms with Gasteiger partial charge in [-0.1, -0.05) is 152 Å². The zero-order valence-corrected chi connectivity index (χ0v) is 27.2. The van der Waals surface area contributed by atoms with Crippen molar-refractivity contribution in [1.82, 2.24) is 14.7 Å².